The maximum atomic E-state index is 13.3. The van der Waals surface area contributed by atoms with Crippen molar-refractivity contribution in [3.63, 3.8) is 0 Å². The molecule has 1 aliphatic rings. The first-order chi connectivity index (χ1) is 16.8. The van der Waals surface area contributed by atoms with E-state index in [9.17, 15) is 18.0 Å². The minimum absolute atomic E-state index is 0.00385. The minimum atomic E-state index is -4.57. The van der Waals surface area contributed by atoms with Crippen molar-refractivity contribution in [2.45, 2.75) is 44.5 Å². The summed E-state index contributed by atoms with van der Waals surface area (Å²) >= 11 is 0. The zero-order chi connectivity index (χ0) is 24.6. The molecule has 182 valence electrons. The van der Waals surface area contributed by atoms with E-state index in [0.29, 0.717) is 17.1 Å². The molecule has 0 N–H and O–H groups in total. The van der Waals surface area contributed by atoms with Gasteiger partial charge in [0, 0.05) is 18.0 Å². The number of benzene rings is 2. The van der Waals surface area contributed by atoms with E-state index < -0.39 is 17.4 Å². The third-order valence-corrected chi connectivity index (χ3v) is 6.02. The standard InChI is InChI=1S/C25H22F3N3O4/c1-33-19-10-9-15(11-21(19)34-17-5-2-3-6-17)16-12-29-24(32)31(13-16)14-22-30-23-18(25(26,27)28)7-4-8-20(23)35-22/h4,7-13,17H,2-3,5-6,14H2,1H3. The zero-order valence-corrected chi connectivity index (χ0v) is 18.8. The number of oxazole rings is 1. The Hall–Kier alpha value is -3.82. The number of para-hydroxylation sites is 1. The number of aromatic nitrogens is 3. The van der Waals surface area contributed by atoms with Crippen LogP contribution in [0.5, 0.6) is 11.5 Å². The highest BCUT2D eigenvalue weighted by molar-refractivity contribution is 5.77. The monoisotopic (exact) mass is 485 g/mol. The molecule has 0 radical (unpaired) electrons. The quantitative estimate of drug-likeness (QED) is 0.362. The molecule has 0 saturated heterocycles. The molecule has 10 heteroatoms. The highest BCUT2D eigenvalue weighted by Gasteiger charge is 2.34. The summed E-state index contributed by atoms with van der Waals surface area (Å²) in [5.74, 6) is 1.18. The van der Waals surface area contributed by atoms with Gasteiger partial charge < -0.3 is 13.9 Å². The van der Waals surface area contributed by atoms with Crippen molar-refractivity contribution in [3.8, 4) is 22.6 Å². The molecule has 0 bridgehead atoms. The summed E-state index contributed by atoms with van der Waals surface area (Å²) in [6.45, 7) is -0.173. The predicted octanol–water partition coefficient (Wildman–Crippen LogP) is 5.45. The van der Waals surface area contributed by atoms with E-state index in [4.69, 9.17) is 13.9 Å². The Morgan fingerprint density at radius 2 is 1.91 bits per heavy atom. The Bertz CT molecular complexity index is 1420. The summed E-state index contributed by atoms with van der Waals surface area (Å²) in [7, 11) is 1.57. The molecule has 1 saturated carbocycles. The van der Waals surface area contributed by atoms with Crippen molar-refractivity contribution in [3.05, 3.63) is 70.7 Å². The first-order valence-electron chi connectivity index (χ1n) is 11.2. The molecule has 2 aromatic carbocycles. The third-order valence-electron chi connectivity index (χ3n) is 6.02. The van der Waals surface area contributed by atoms with E-state index in [1.165, 1.54) is 22.9 Å². The molecule has 7 nitrogen and oxygen atoms in total. The van der Waals surface area contributed by atoms with Crippen molar-refractivity contribution < 1.29 is 27.1 Å². The normalized spacial score (nSPS) is 14.5. The molecule has 4 aromatic rings. The summed E-state index contributed by atoms with van der Waals surface area (Å²) in [6, 6.07) is 9.04. The second-order valence-corrected chi connectivity index (χ2v) is 8.40. The van der Waals surface area contributed by atoms with E-state index in [1.807, 2.05) is 12.1 Å². The fourth-order valence-electron chi connectivity index (χ4n) is 4.29. The molecule has 0 unspecified atom stereocenters. The topological polar surface area (TPSA) is 79.4 Å². The van der Waals surface area contributed by atoms with Gasteiger partial charge in [-0.05, 0) is 55.5 Å². The maximum Gasteiger partial charge on any atom is 0.418 e. The van der Waals surface area contributed by atoms with Gasteiger partial charge in [-0.15, -0.1) is 0 Å². The number of alkyl halides is 3. The Morgan fingerprint density at radius 1 is 1.11 bits per heavy atom. The van der Waals surface area contributed by atoms with Crippen LogP contribution in [0.3, 0.4) is 0 Å². The molecule has 35 heavy (non-hydrogen) atoms. The van der Waals surface area contributed by atoms with E-state index in [1.54, 1.807) is 19.4 Å². The van der Waals surface area contributed by atoms with Gasteiger partial charge in [-0.25, -0.2) is 14.8 Å². The van der Waals surface area contributed by atoms with Crippen LogP contribution in [0.15, 0.2) is 58.0 Å². The Kier molecular flexibility index (Phi) is 5.96. The third kappa shape index (κ3) is 4.73. The highest BCUT2D eigenvalue weighted by Crippen LogP contribution is 2.36. The fourth-order valence-corrected chi connectivity index (χ4v) is 4.29. The lowest BCUT2D eigenvalue weighted by molar-refractivity contribution is -0.136. The van der Waals surface area contributed by atoms with Gasteiger partial charge in [0.25, 0.3) is 0 Å². The number of nitrogens with zero attached hydrogens (tertiary/aromatic N) is 3. The number of rotatable bonds is 6. The van der Waals surface area contributed by atoms with Crippen molar-refractivity contribution >= 4 is 11.1 Å². The van der Waals surface area contributed by atoms with E-state index in [0.717, 1.165) is 37.3 Å². The van der Waals surface area contributed by atoms with Crippen LogP contribution in [0.1, 0.15) is 37.1 Å². The second kappa shape index (κ2) is 9.09. The SMILES string of the molecule is COc1ccc(-c2cnc(=O)n(Cc3nc4c(C(F)(F)F)cccc4o3)c2)cc1OC1CCCC1. The zero-order valence-electron chi connectivity index (χ0n) is 18.8. The Labute approximate surface area is 198 Å². The van der Waals surface area contributed by atoms with Crippen LogP contribution in [0, 0.1) is 0 Å². The van der Waals surface area contributed by atoms with Crippen molar-refractivity contribution in [2.75, 3.05) is 7.11 Å². The number of fused-ring (bicyclic) bond motifs is 1. The van der Waals surface area contributed by atoms with E-state index >= 15 is 0 Å². The molecule has 0 atom stereocenters. The average molecular weight is 485 g/mol. The number of methoxy groups -OCH3 is 1. The first kappa shape index (κ1) is 22.9. The summed E-state index contributed by atoms with van der Waals surface area (Å²) in [6.07, 6.45) is 2.79. The Balaban J connectivity index is 1.46. The van der Waals surface area contributed by atoms with Crippen LogP contribution in [0.2, 0.25) is 0 Å². The average Bonchev–Trinajstić information content (AvgIpc) is 3.49. The lowest BCUT2D eigenvalue weighted by atomic mass is 10.1. The first-order valence-corrected chi connectivity index (χ1v) is 11.2. The van der Waals surface area contributed by atoms with Crippen LogP contribution in [-0.4, -0.2) is 27.7 Å². The van der Waals surface area contributed by atoms with Crippen LogP contribution in [0.25, 0.3) is 22.2 Å². The van der Waals surface area contributed by atoms with Crippen LogP contribution < -0.4 is 15.2 Å². The molecule has 2 aromatic heterocycles. The minimum Gasteiger partial charge on any atom is -0.493 e. The smallest absolute Gasteiger partial charge is 0.418 e. The molecular formula is C25H22F3N3O4. The number of hydrogen-bond donors (Lipinski definition) is 0. The van der Waals surface area contributed by atoms with Gasteiger partial charge in [0.1, 0.15) is 12.1 Å². The van der Waals surface area contributed by atoms with Gasteiger partial charge in [0.05, 0.1) is 18.8 Å². The van der Waals surface area contributed by atoms with Crippen LogP contribution >= 0.6 is 0 Å². The van der Waals surface area contributed by atoms with Crippen molar-refractivity contribution in [1.29, 1.82) is 0 Å². The van der Waals surface area contributed by atoms with Gasteiger partial charge in [-0.1, -0.05) is 12.1 Å². The highest BCUT2D eigenvalue weighted by atomic mass is 19.4. The lowest BCUT2D eigenvalue weighted by Gasteiger charge is -2.17. The van der Waals surface area contributed by atoms with E-state index in [-0.39, 0.29) is 29.6 Å². The number of halogens is 3. The number of ether oxygens (including phenoxy) is 2. The molecular weight excluding hydrogens is 463 g/mol. The van der Waals surface area contributed by atoms with Crippen molar-refractivity contribution in [1.82, 2.24) is 14.5 Å². The fraction of sp³-hybridized carbons (Fsp3) is 0.320. The van der Waals surface area contributed by atoms with Gasteiger partial charge >= 0.3 is 11.9 Å². The molecule has 5 rings (SSSR count). The van der Waals surface area contributed by atoms with Gasteiger partial charge in [-0.2, -0.15) is 13.2 Å². The molecule has 0 aliphatic heterocycles. The summed E-state index contributed by atoms with van der Waals surface area (Å²) in [5.41, 5.74) is -0.403. The van der Waals surface area contributed by atoms with Crippen molar-refractivity contribution in [2.24, 2.45) is 0 Å². The summed E-state index contributed by atoms with van der Waals surface area (Å²) in [5, 5.41) is 0. The predicted molar refractivity (Wildman–Crippen MR) is 121 cm³/mol. The number of hydrogen-bond acceptors (Lipinski definition) is 6. The van der Waals surface area contributed by atoms with E-state index in [2.05, 4.69) is 9.97 Å². The van der Waals surface area contributed by atoms with Gasteiger partial charge in [0.2, 0.25) is 5.89 Å². The van der Waals surface area contributed by atoms with Gasteiger partial charge in [0.15, 0.2) is 17.1 Å². The molecule has 2 heterocycles. The molecule has 0 spiro atoms. The largest absolute Gasteiger partial charge is 0.493 e. The second-order valence-electron chi connectivity index (χ2n) is 8.40. The molecule has 0 amide bonds. The summed E-state index contributed by atoms with van der Waals surface area (Å²) in [4.78, 5) is 20.3. The summed E-state index contributed by atoms with van der Waals surface area (Å²) < 4.78 is 58.2. The van der Waals surface area contributed by atoms with Crippen LogP contribution in [0.4, 0.5) is 13.2 Å². The lowest BCUT2D eigenvalue weighted by Crippen LogP contribution is -2.22. The van der Waals surface area contributed by atoms with Gasteiger partial charge in [-0.3, -0.25) is 4.57 Å². The molecule has 1 fully saturated rings. The maximum absolute atomic E-state index is 13.3. The van der Waals surface area contributed by atoms with Crippen LogP contribution in [-0.2, 0) is 12.7 Å². The molecule has 1 aliphatic carbocycles. The Morgan fingerprint density at radius 3 is 2.66 bits per heavy atom.